The highest BCUT2D eigenvalue weighted by molar-refractivity contribution is 9.10. The average molecular weight is 425 g/mol. The number of halogens is 2. The lowest BCUT2D eigenvalue weighted by molar-refractivity contribution is -0.113. The van der Waals surface area contributed by atoms with E-state index in [1.165, 1.54) is 0 Å². The Morgan fingerprint density at radius 2 is 2.18 bits per heavy atom. The molecule has 1 aromatic carbocycles. The van der Waals surface area contributed by atoms with E-state index in [0.29, 0.717) is 17.3 Å². The van der Waals surface area contributed by atoms with Gasteiger partial charge in [0.05, 0.1) is 17.2 Å². The van der Waals surface area contributed by atoms with E-state index in [1.54, 1.807) is 18.3 Å². The van der Waals surface area contributed by atoms with E-state index in [0.717, 1.165) is 21.1 Å². The first-order chi connectivity index (χ1) is 10.6. The Labute approximate surface area is 143 Å². The highest BCUT2D eigenvalue weighted by atomic mass is 79.9. The SMILES string of the molecule is Cc1cc(Br)cc2nc(-c3ccc(NC(=O)CBr)cn3)oc12. The summed E-state index contributed by atoms with van der Waals surface area (Å²) in [7, 11) is 0. The normalized spacial score (nSPS) is 10.9. The summed E-state index contributed by atoms with van der Waals surface area (Å²) in [6, 6.07) is 7.41. The molecule has 22 heavy (non-hydrogen) atoms. The average Bonchev–Trinajstić information content (AvgIpc) is 2.92. The van der Waals surface area contributed by atoms with Gasteiger partial charge in [0.2, 0.25) is 11.8 Å². The van der Waals surface area contributed by atoms with E-state index < -0.39 is 0 Å². The van der Waals surface area contributed by atoms with Crippen molar-refractivity contribution < 1.29 is 9.21 Å². The van der Waals surface area contributed by atoms with Gasteiger partial charge >= 0.3 is 0 Å². The fourth-order valence-electron chi connectivity index (χ4n) is 2.06. The Morgan fingerprint density at radius 3 is 2.86 bits per heavy atom. The largest absolute Gasteiger partial charge is 0.434 e. The van der Waals surface area contributed by atoms with Crippen LogP contribution >= 0.6 is 31.9 Å². The van der Waals surface area contributed by atoms with Crippen LogP contribution in [0.1, 0.15) is 5.56 Å². The third-order valence-corrected chi connectivity index (χ3v) is 4.00. The van der Waals surface area contributed by atoms with Crippen molar-refractivity contribution in [2.24, 2.45) is 0 Å². The number of alkyl halides is 1. The Bertz CT molecular complexity index is 844. The van der Waals surface area contributed by atoms with Gasteiger partial charge in [0.1, 0.15) is 11.2 Å². The van der Waals surface area contributed by atoms with Crippen molar-refractivity contribution in [3.8, 4) is 11.6 Å². The Balaban J connectivity index is 1.94. The molecular formula is C15H11Br2N3O2. The number of benzene rings is 1. The van der Waals surface area contributed by atoms with Crippen molar-refractivity contribution >= 4 is 54.6 Å². The van der Waals surface area contributed by atoms with Gasteiger partial charge in [-0.25, -0.2) is 9.97 Å². The molecular weight excluding hydrogens is 414 g/mol. The van der Waals surface area contributed by atoms with Crippen LogP contribution in [0.5, 0.6) is 0 Å². The number of carbonyl (C=O) groups is 1. The molecule has 2 heterocycles. The predicted molar refractivity (Wildman–Crippen MR) is 92.1 cm³/mol. The van der Waals surface area contributed by atoms with Gasteiger partial charge in [-0.15, -0.1) is 0 Å². The number of rotatable bonds is 3. The lowest BCUT2D eigenvalue weighted by atomic mass is 10.2. The number of anilines is 1. The second-order valence-electron chi connectivity index (χ2n) is 4.70. The van der Waals surface area contributed by atoms with Gasteiger partial charge in [0.25, 0.3) is 0 Å². The lowest BCUT2D eigenvalue weighted by Gasteiger charge is -2.02. The topological polar surface area (TPSA) is 68.0 Å². The van der Waals surface area contributed by atoms with Crippen LogP contribution in [-0.4, -0.2) is 21.2 Å². The second kappa shape index (κ2) is 6.18. The Morgan fingerprint density at radius 1 is 1.36 bits per heavy atom. The van der Waals surface area contributed by atoms with Crippen LogP contribution in [0.3, 0.4) is 0 Å². The molecule has 0 aliphatic heterocycles. The maximum Gasteiger partial charge on any atom is 0.246 e. The first-order valence-corrected chi connectivity index (χ1v) is 8.37. The van der Waals surface area contributed by atoms with Crippen LogP contribution in [0.2, 0.25) is 0 Å². The molecule has 112 valence electrons. The number of oxazole rings is 1. The molecule has 5 nitrogen and oxygen atoms in total. The zero-order valence-corrected chi connectivity index (χ0v) is 14.7. The summed E-state index contributed by atoms with van der Waals surface area (Å²) >= 11 is 6.54. The molecule has 0 radical (unpaired) electrons. The minimum absolute atomic E-state index is 0.128. The van der Waals surface area contributed by atoms with Crippen LogP contribution in [0.4, 0.5) is 5.69 Å². The van der Waals surface area contributed by atoms with Crippen molar-refractivity contribution in [1.82, 2.24) is 9.97 Å². The standard InChI is InChI=1S/C15H11Br2N3O2/c1-8-4-9(17)5-12-14(8)22-15(20-12)11-3-2-10(7-18-11)19-13(21)6-16/h2-5,7H,6H2,1H3,(H,19,21). The predicted octanol–water partition coefficient (Wildman–Crippen LogP) is 4.29. The molecule has 0 atom stereocenters. The smallest absolute Gasteiger partial charge is 0.246 e. The molecule has 0 fully saturated rings. The molecule has 7 heteroatoms. The van der Waals surface area contributed by atoms with Gasteiger partial charge in [-0.1, -0.05) is 31.9 Å². The van der Waals surface area contributed by atoms with Gasteiger partial charge in [-0.2, -0.15) is 0 Å². The van der Waals surface area contributed by atoms with Gasteiger partial charge in [0, 0.05) is 4.47 Å². The molecule has 1 N–H and O–H groups in total. The van der Waals surface area contributed by atoms with Crippen molar-refractivity contribution in [2.45, 2.75) is 6.92 Å². The van der Waals surface area contributed by atoms with Crippen LogP contribution < -0.4 is 5.32 Å². The van der Waals surface area contributed by atoms with E-state index in [9.17, 15) is 4.79 Å². The molecule has 0 saturated carbocycles. The maximum atomic E-state index is 11.3. The zero-order valence-electron chi connectivity index (χ0n) is 11.6. The first-order valence-electron chi connectivity index (χ1n) is 6.46. The van der Waals surface area contributed by atoms with Gasteiger partial charge in [-0.3, -0.25) is 4.79 Å². The van der Waals surface area contributed by atoms with Crippen molar-refractivity contribution in [1.29, 1.82) is 0 Å². The number of hydrogen-bond donors (Lipinski definition) is 1. The molecule has 0 aliphatic rings. The lowest BCUT2D eigenvalue weighted by Crippen LogP contribution is -2.12. The molecule has 0 saturated heterocycles. The number of aromatic nitrogens is 2. The Kier molecular flexibility index (Phi) is 4.26. The molecule has 0 unspecified atom stereocenters. The van der Waals surface area contributed by atoms with Crippen LogP contribution in [0.25, 0.3) is 22.7 Å². The summed E-state index contributed by atoms with van der Waals surface area (Å²) < 4.78 is 6.75. The first kappa shape index (κ1) is 15.2. The van der Waals surface area contributed by atoms with E-state index in [2.05, 4.69) is 47.1 Å². The number of aryl methyl sites for hydroxylation is 1. The molecule has 0 spiro atoms. The fraction of sp³-hybridized carbons (Fsp3) is 0.133. The summed E-state index contributed by atoms with van der Waals surface area (Å²) in [5.41, 5.74) is 3.77. The number of amides is 1. The summed E-state index contributed by atoms with van der Waals surface area (Å²) in [6.45, 7) is 1.97. The minimum atomic E-state index is -0.128. The van der Waals surface area contributed by atoms with Crippen LogP contribution in [-0.2, 0) is 4.79 Å². The summed E-state index contributed by atoms with van der Waals surface area (Å²) in [5.74, 6) is 0.325. The molecule has 2 aromatic heterocycles. The third-order valence-electron chi connectivity index (χ3n) is 3.03. The molecule has 0 bridgehead atoms. The molecule has 3 aromatic rings. The Hall–Kier alpha value is -1.73. The van der Waals surface area contributed by atoms with E-state index in [1.807, 2.05) is 19.1 Å². The van der Waals surface area contributed by atoms with Crippen molar-refractivity contribution in [3.63, 3.8) is 0 Å². The van der Waals surface area contributed by atoms with Crippen molar-refractivity contribution in [3.05, 3.63) is 40.5 Å². The molecule has 1 amide bonds. The van der Waals surface area contributed by atoms with Crippen LogP contribution in [0.15, 0.2) is 39.4 Å². The minimum Gasteiger partial charge on any atom is -0.434 e. The highest BCUT2D eigenvalue weighted by Crippen LogP contribution is 2.28. The van der Waals surface area contributed by atoms with Gasteiger partial charge < -0.3 is 9.73 Å². The fourth-order valence-corrected chi connectivity index (χ4v) is 2.76. The summed E-state index contributed by atoms with van der Waals surface area (Å²) in [4.78, 5) is 20.0. The number of fused-ring (bicyclic) bond motifs is 1. The van der Waals surface area contributed by atoms with Crippen LogP contribution in [0, 0.1) is 6.92 Å². The van der Waals surface area contributed by atoms with Crippen molar-refractivity contribution in [2.75, 3.05) is 10.6 Å². The summed E-state index contributed by atoms with van der Waals surface area (Å²) in [6.07, 6.45) is 1.58. The third kappa shape index (κ3) is 3.05. The van der Waals surface area contributed by atoms with E-state index in [4.69, 9.17) is 4.42 Å². The van der Waals surface area contributed by atoms with E-state index in [-0.39, 0.29) is 11.2 Å². The van der Waals surface area contributed by atoms with E-state index >= 15 is 0 Å². The zero-order chi connectivity index (χ0) is 15.7. The highest BCUT2D eigenvalue weighted by Gasteiger charge is 2.12. The number of hydrogen-bond acceptors (Lipinski definition) is 4. The second-order valence-corrected chi connectivity index (χ2v) is 6.18. The molecule has 0 aliphatic carbocycles. The number of nitrogens with one attached hydrogen (secondary N) is 1. The quantitative estimate of drug-likeness (QED) is 0.636. The number of pyridine rings is 1. The molecule has 3 rings (SSSR count). The van der Waals surface area contributed by atoms with Gasteiger partial charge in [-0.05, 0) is 36.8 Å². The number of carbonyl (C=O) groups excluding carboxylic acids is 1. The summed E-state index contributed by atoms with van der Waals surface area (Å²) in [5, 5.41) is 2.95. The monoisotopic (exact) mass is 423 g/mol. The maximum absolute atomic E-state index is 11.3. The number of nitrogens with zero attached hydrogens (tertiary/aromatic N) is 2. The van der Waals surface area contributed by atoms with Gasteiger partial charge in [0.15, 0.2) is 5.58 Å².